The van der Waals surface area contributed by atoms with Crippen LogP contribution in [0.3, 0.4) is 0 Å². The Hall–Kier alpha value is -1.30. The van der Waals surface area contributed by atoms with E-state index in [0.29, 0.717) is 12.6 Å². The Morgan fingerprint density at radius 2 is 2.10 bits per heavy atom. The number of hydrogen-bond donors (Lipinski definition) is 2. The van der Waals surface area contributed by atoms with Crippen LogP contribution < -0.4 is 14.8 Å². The Morgan fingerprint density at radius 1 is 1.29 bits per heavy atom. The first-order valence-electron chi connectivity index (χ1n) is 7.54. The highest BCUT2D eigenvalue weighted by molar-refractivity contribution is 5.42. The van der Waals surface area contributed by atoms with Crippen LogP contribution in [0.15, 0.2) is 18.2 Å². The standard InChI is InChI=1S/C16H26N2O3/c1-20-15-6-5-13(10-16(15)21-2)11-18(8-9-19)12-14-4-3-7-17-14/h5-6,10,14,17,19H,3-4,7-9,11-12H2,1-2H3. The van der Waals surface area contributed by atoms with E-state index in [0.717, 1.165) is 31.1 Å². The van der Waals surface area contributed by atoms with Crippen molar-refractivity contribution < 1.29 is 14.6 Å². The molecule has 1 atom stereocenters. The Morgan fingerprint density at radius 3 is 2.71 bits per heavy atom. The molecule has 0 spiro atoms. The molecule has 21 heavy (non-hydrogen) atoms. The highest BCUT2D eigenvalue weighted by atomic mass is 16.5. The quantitative estimate of drug-likeness (QED) is 0.756. The van der Waals surface area contributed by atoms with Crippen LogP contribution in [0.1, 0.15) is 18.4 Å². The molecular weight excluding hydrogens is 268 g/mol. The van der Waals surface area contributed by atoms with E-state index in [-0.39, 0.29) is 6.61 Å². The summed E-state index contributed by atoms with van der Waals surface area (Å²) in [5.41, 5.74) is 1.17. The number of methoxy groups -OCH3 is 2. The van der Waals surface area contributed by atoms with Crippen molar-refractivity contribution >= 4 is 0 Å². The van der Waals surface area contributed by atoms with Gasteiger partial charge in [0, 0.05) is 25.7 Å². The molecular formula is C16H26N2O3. The van der Waals surface area contributed by atoms with Crippen LogP contribution >= 0.6 is 0 Å². The minimum Gasteiger partial charge on any atom is -0.493 e. The van der Waals surface area contributed by atoms with E-state index in [9.17, 15) is 5.11 Å². The third kappa shape index (κ3) is 4.59. The third-order valence-electron chi connectivity index (χ3n) is 3.91. The summed E-state index contributed by atoms with van der Waals surface area (Å²) in [5.74, 6) is 1.49. The van der Waals surface area contributed by atoms with E-state index >= 15 is 0 Å². The molecule has 0 aliphatic carbocycles. The van der Waals surface area contributed by atoms with Crippen molar-refractivity contribution in [3.05, 3.63) is 23.8 Å². The fraction of sp³-hybridized carbons (Fsp3) is 0.625. The average Bonchev–Trinajstić information content (AvgIpc) is 3.00. The predicted octanol–water partition coefficient (Wildman–Crippen LogP) is 1.25. The van der Waals surface area contributed by atoms with Gasteiger partial charge >= 0.3 is 0 Å². The van der Waals surface area contributed by atoms with Crippen LogP contribution in [0.25, 0.3) is 0 Å². The van der Waals surface area contributed by atoms with Gasteiger partial charge in [-0.1, -0.05) is 6.07 Å². The maximum atomic E-state index is 9.26. The second kappa shape index (κ2) is 8.22. The van der Waals surface area contributed by atoms with Crippen LogP contribution in [0, 0.1) is 0 Å². The van der Waals surface area contributed by atoms with E-state index in [1.54, 1.807) is 14.2 Å². The van der Waals surface area contributed by atoms with Crippen molar-refractivity contribution in [3.63, 3.8) is 0 Å². The summed E-state index contributed by atoms with van der Waals surface area (Å²) in [5, 5.41) is 12.8. The molecule has 0 saturated carbocycles. The molecule has 1 fully saturated rings. The molecule has 0 radical (unpaired) electrons. The topological polar surface area (TPSA) is 54.0 Å². The summed E-state index contributed by atoms with van der Waals surface area (Å²) >= 11 is 0. The molecule has 0 bridgehead atoms. The lowest BCUT2D eigenvalue weighted by Crippen LogP contribution is -2.38. The number of aliphatic hydroxyl groups excluding tert-OH is 1. The lowest BCUT2D eigenvalue weighted by atomic mass is 10.1. The van der Waals surface area contributed by atoms with Crippen LogP contribution in [0.5, 0.6) is 11.5 Å². The monoisotopic (exact) mass is 294 g/mol. The molecule has 1 saturated heterocycles. The molecule has 2 rings (SSSR count). The van der Waals surface area contributed by atoms with Gasteiger partial charge in [0.05, 0.1) is 20.8 Å². The van der Waals surface area contributed by atoms with E-state index < -0.39 is 0 Å². The van der Waals surface area contributed by atoms with Crippen LogP contribution in [-0.4, -0.2) is 56.5 Å². The first-order valence-corrected chi connectivity index (χ1v) is 7.54. The molecule has 1 unspecified atom stereocenters. The van der Waals surface area contributed by atoms with E-state index in [4.69, 9.17) is 9.47 Å². The van der Waals surface area contributed by atoms with Gasteiger partial charge < -0.3 is 19.9 Å². The minimum absolute atomic E-state index is 0.181. The van der Waals surface area contributed by atoms with Crippen molar-refractivity contribution in [1.29, 1.82) is 0 Å². The second-order valence-corrected chi connectivity index (χ2v) is 5.44. The van der Waals surface area contributed by atoms with Crippen LogP contribution in [0.4, 0.5) is 0 Å². The zero-order valence-electron chi connectivity index (χ0n) is 13.0. The second-order valence-electron chi connectivity index (χ2n) is 5.44. The molecule has 2 N–H and O–H groups in total. The summed E-state index contributed by atoms with van der Waals surface area (Å²) in [6.45, 7) is 3.74. The van der Waals surface area contributed by atoms with E-state index in [2.05, 4.69) is 10.2 Å². The normalized spacial score (nSPS) is 18.2. The summed E-state index contributed by atoms with van der Waals surface area (Å²) in [4.78, 5) is 2.28. The van der Waals surface area contributed by atoms with E-state index in [1.165, 1.54) is 18.4 Å². The summed E-state index contributed by atoms with van der Waals surface area (Å²) in [6, 6.07) is 6.52. The predicted molar refractivity (Wildman–Crippen MR) is 82.9 cm³/mol. The number of nitrogens with zero attached hydrogens (tertiary/aromatic N) is 1. The molecule has 5 nitrogen and oxygen atoms in total. The van der Waals surface area contributed by atoms with Gasteiger partial charge in [0.15, 0.2) is 11.5 Å². The van der Waals surface area contributed by atoms with Crippen molar-refractivity contribution in [2.24, 2.45) is 0 Å². The van der Waals surface area contributed by atoms with Gasteiger partial charge in [-0.3, -0.25) is 4.90 Å². The van der Waals surface area contributed by atoms with Gasteiger partial charge in [0.1, 0.15) is 0 Å². The van der Waals surface area contributed by atoms with Gasteiger partial charge in [-0.05, 0) is 37.1 Å². The number of aliphatic hydroxyl groups is 1. The van der Waals surface area contributed by atoms with Gasteiger partial charge in [0.25, 0.3) is 0 Å². The lowest BCUT2D eigenvalue weighted by Gasteiger charge is -2.25. The van der Waals surface area contributed by atoms with Crippen molar-refractivity contribution in [2.75, 3.05) is 40.5 Å². The lowest BCUT2D eigenvalue weighted by molar-refractivity contribution is 0.179. The largest absolute Gasteiger partial charge is 0.493 e. The number of rotatable bonds is 8. The summed E-state index contributed by atoms with van der Waals surface area (Å²) < 4.78 is 10.6. The first kappa shape index (κ1) is 16.1. The van der Waals surface area contributed by atoms with Crippen molar-refractivity contribution in [2.45, 2.75) is 25.4 Å². The maximum Gasteiger partial charge on any atom is 0.161 e. The van der Waals surface area contributed by atoms with E-state index in [1.807, 2.05) is 18.2 Å². The number of nitrogens with one attached hydrogen (secondary N) is 1. The molecule has 1 aliphatic rings. The Kier molecular flexibility index (Phi) is 6.29. The SMILES string of the molecule is COc1ccc(CN(CCO)CC2CCCN2)cc1OC. The third-order valence-corrected chi connectivity index (χ3v) is 3.91. The van der Waals surface area contributed by atoms with Gasteiger partial charge in [-0.15, -0.1) is 0 Å². The smallest absolute Gasteiger partial charge is 0.161 e. The highest BCUT2D eigenvalue weighted by Crippen LogP contribution is 2.28. The zero-order valence-corrected chi connectivity index (χ0v) is 13.0. The molecule has 5 heteroatoms. The maximum absolute atomic E-state index is 9.26. The fourth-order valence-corrected chi connectivity index (χ4v) is 2.84. The minimum atomic E-state index is 0.181. The Bertz CT molecular complexity index is 434. The van der Waals surface area contributed by atoms with Crippen LogP contribution in [0.2, 0.25) is 0 Å². The number of benzene rings is 1. The van der Waals surface area contributed by atoms with Gasteiger partial charge in [0.2, 0.25) is 0 Å². The molecule has 118 valence electrons. The van der Waals surface area contributed by atoms with Gasteiger partial charge in [-0.25, -0.2) is 0 Å². The van der Waals surface area contributed by atoms with Crippen LogP contribution in [-0.2, 0) is 6.54 Å². The fourth-order valence-electron chi connectivity index (χ4n) is 2.84. The van der Waals surface area contributed by atoms with Gasteiger partial charge in [-0.2, -0.15) is 0 Å². The average molecular weight is 294 g/mol. The van der Waals surface area contributed by atoms with Crippen molar-refractivity contribution in [3.8, 4) is 11.5 Å². The summed E-state index contributed by atoms with van der Waals surface area (Å²) in [7, 11) is 3.29. The number of ether oxygens (including phenoxy) is 2. The molecule has 0 amide bonds. The molecule has 1 aliphatic heterocycles. The number of hydrogen-bond acceptors (Lipinski definition) is 5. The zero-order chi connectivity index (χ0) is 15.1. The molecule has 1 heterocycles. The Labute approximate surface area is 126 Å². The first-order chi connectivity index (χ1) is 10.3. The molecule has 0 aromatic heterocycles. The Balaban J connectivity index is 2.01. The molecule has 1 aromatic carbocycles. The summed E-state index contributed by atoms with van der Waals surface area (Å²) in [6.07, 6.45) is 2.46. The highest BCUT2D eigenvalue weighted by Gasteiger charge is 2.18. The molecule has 1 aromatic rings. The van der Waals surface area contributed by atoms with Crippen molar-refractivity contribution in [1.82, 2.24) is 10.2 Å².